The smallest absolute Gasteiger partial charge is 0.255 e. The minimum Gasteiger partial charge on any atom is -0.396 e. The third-order valence-corrected chi connectivity index (χ3v) is 6.53. The van der Waals surface area contributed by atoms with Crippen LogP contribution in [0, 0.1) is 11.3 Å². The minimum absolute atomic E-state index is 0.00118. The van der Waals surface area contributed by atoms with Crippen molar-refractivity contribution in [1.82, 2.24) is 19.7 Å². The average molecular weight is 378 g/mol. The summed E-state index contributed by atoms with van der Waals surface area (Å²) >= 11 is 0. The van der Waals surface area contributed by atoms with Gasteiger partial charge in [-0.05, 0) is 23.5 Å². The highest BCUT2D eigenvalue weighted by Gasteiger charge is 2.71. The van der Waals surface area contributed by atoms with Crippen LogP contribution in [0.3, 0.4) is 0 Å². The molecule has 3 aromatic rings. The molecule has 1 saturated heterocycles. The Balaban J connectivity index is 1.43. The van der Waals surface area contributed by atoms with Crippen molar-refractivity contribution in [2.75, 3.05) is 19.7 Å². The van der Waals surface area contributed by atoms with Gasteiger partial charge >= 0.3 is 0 Å². The summed E-state index contributed by atoms with van der Waals surface area (Å²) in [5.74, 6) is -0.133. The maximum atomic E-state index is 13.1. The molecule has 1 aromatic carbocycles. The van der Waals surface area contributed by atoms with Crippen LogP contribution in [0.2, 0.25) is 0 Å². The van der Waals surface area contributed by atoms with Crippen molar-refractivity contribution in [2.45, 2.75) is 12.0 Å². The SMILES string of the molecule is Cn1ncc2ncc(C(=O)N3C[C@@H](O)[C@@]4(C3)[C@H](CO)[C@H]4c3ccccc3)cc21. The lowest BCUT2D eigenvalue weighted by atomic mass is 9.95. The van der Waals surface area contributed by atoms with Crippen LogP contribution in [0.5, 0.6) is 0 Å². The summed E-state index contributed by atoms with van der Waals surface area (Å²) in [6.45, 7) is 0.699. The number of nitrogens with zero attached hydrogens (tertiary/aromatic N) is 4. The van der Waals surface area contributed by atoms with Crippen LogP contribution in [0.25, 0.3) is 11.0 Å². The van der Waals surface area contributed by atoms with E-state index in [-0.39, 0.29) is 30.9 Å². The average Bonchev–Trinajstić information content (AvgIpc) is 3.04. The van der Waals surface area contributed by atoms with Gasteiger partial charge in [0.25, 0.3) is 5.91 Å². The van der Waals surface area contributed by atoms with Gasteiger partial charge < -0.3 is 15.1 Å². The number of hydrogen-bond donors (Lipinski definition) is 2. The van der Waals surface area contributed by atoms with Crippen molar-refractivity contribution in [1.29, 1.82) is 0 Å². The molecule has 28 heavy (non-hydrogen) atoms. The largest absolute Gasteiger partial charge is 0.396 e. The van der Waals surface area contributed by atoms with Crippen LogP contribution in [0.4, 0.5) is 0 Å². The van der Waals surface area contributed by atoms with Gasteiger partial charge in [0.05, 0.1) is 23.4 Å². The van der Waals surface area contributed by atoms with E-state index in [9.17, 15) is 15.0 Å². The van der Waals surface area contributed by atoms with E-state index in [2.05, 4.69) is 10.1 Å². The second-order valence-electron chi connectivity index (χ2n) is 7.89. The van der Waals surface area contributed by atoms with Gasteiger partial charge in [0.1, 0.15) is 5.52 Å². The van der Waals surface area contributed by atoms with Crippen molar-refractivity contribution in [3.8, 4) is 0 Å². The molecule has 1 aliphatic heterocycles. The molecule has 5 rings (SSSR count). The summed E-state index contributed by atoms with van der Waals surface area (Å²) in [5.41, 5.74) is 2.65. The minimum atomic E-state index is -0.660. The van der Waals surface area contributed by atoms with Crippen molar-refractivity contribution < 1.29 is 15.0 Å². The molecule has 1 amide bonds. The topological polar surface area (TPSA) is 91.5 Å². The molecular weight excluding hydrogens is 356 g/mol. The molecule has 2 aliphatic rings. The second-order valence-corrected chi connectivity index (χ2v) is 7.89. The van der Waals surface area contributed by atoms with E-state index in [0.29, 0.717) is 12.1 Å². The number of aliphatic hydroxyl groups excluding tert-OH is 2. The van der Waals surface area contributed by atoms with E-state index in [4.69, 9.17) is 0 Å². The normalized spacial score (nSPS) is 29.0. The van der Waals surface area contributed by atoms with E-state index in [1.807, 2.05) is 37.4 Å². The zero-order chi connectivity index (χ0) is 19.5. The first-order valence-corrected chi connectivity index (χ1v) is 9.47. The summed E-state index contributed by atoms with van der Waals surface area (Å²) < 4.78 is 1.69. The Morgan fingerprint density at radius 1 is 1.29 bits per heavy atom. The van der Waals surface area contributed by atoms with Gasteiger partial charge in [0.2, 0.25) is 0 Å². The van der Waals surface area contributed by atoms with E-state index in [1.165, 1.54) is 0 Å². The Kier molecular flexibility index (Phi) is 3.79. The van der Waals surface area contributed by atoms with Gasteiger partial charge in [-0.15, -0.1) is 0 Å². The number of aromatic nitrogens is 3. The van der Waals surface area contributed by atoms with Crippen LogP contribution in [-0.4, -0.2) is 61.6 Å². The number of hydrogen-bond acceptors (Lipinski definition) is 5. The third-order valence-electron chi connectivity index (χ3n) is 6.53. The Labute approximate surface area is 162 Å². The molecule has 1 saturated carbocycles. The van der Waals surface area contributed by atoms with Gasteiger partial charge in [-0.3, -0.25) is 14.5 Å². The number of carbonyl (C=O) groups is 1. The third kappa shape index (κ3) is 2.33. The highest BCUT2D eigenvalue weighted by Crippen LogP contribution is 2.68. The zero-order valence-corrected chi connectivity index (χ0v) is 15.6. The quantitative estimate of drug-likeness (QED) is 0.714. The van der Waals surface area contributed by atoms with Crippen molar-refractivity contribution >= 4 is 16.9 Å². The van der Waals surface area contributed by atoms with E-state index < -0.39 is 11.5 Å². The lowest BCUT2D eigenvalue weighted by Gasteiger charge is -2.17. The van der Waals surface area contributed by atoms with E-state index >= 15 is 0 Å². The molecule has 7 heteroatoms. The van der Waals surface area contributed by atoms with E-state index in [0.717, 1.165) is 16.6 Å². The molecule has 0 bridgehead atoms. The molecule has 1 spiro atoms. The lowest BCUT2D eigenvalue weighted by Crippen LogP contribution is -2.29. The molecule has 2 aromatic heterocycles. The summed E-state index contributed by atoms with van der Waals surface area (Å²) in [4.78, 5) is 19.1. The second kappa shape index (κ2) is 6.12. The number of amides is 1. The molecular formula is C21H22N4O3. The maximum absolute atomic E-state index is 13.1. The Morgan fingerprint density at radius 3 is 2.82 bits per heavy atom. The predicted molar refractivity (Wildman–Crippen MR) is 103 cm³/mol. The number of fused-ring (bicyclic) bond motifs is 1. The fourth-order valence-corrected chi connectivity index (χ4v) is 5.05. The van der Waals surface area contributed by atoms with Crippen LogP contribution in [-0.2, 0) is 7.05 Å². The van der Waals surface area contributed by atoms with Crippen LogP contribution in [0.1, 0.15) is 21.8 Å². The van der Waals surface area contributed by atoms with Gasteiger partial charge in [-0.25, -0.2) is 0 Å². The number of benzene rings is 1. The molecule has 0 radical (unpaired) electrons. The maximum Gasteiger partial charge on any atom is 0.255 e. The van der Waals surface area contributed by atoms with Crippen LogP contribution < -0.4 is 0 Å². The number of aliphatic hydroxyl groups is 2. The number of pyridine rings is 1. The van der Waals surface area contributed by atoms with Crippen molar-refractivity contribution in [2.24, 2.45) is 18.4 Å². The van der Waals surface area contributed by atoms with Gasteiger partial charge in [-0.2, -0.15) is 5.10 Å². The monoisotopic (exact) mass is 378 g/mol. The van der Waals surface area contributed by atoms with Crippen molar-refractivity contribution in [3.63, 3.8) is 0 Å². The fourth-order valence-electron chi connectivity index (χ4n) is 5.05. The van der Waals surface area contributed by atoms with Crippen LogP contribution >= 0.6 is 0 Å². The number of carbonyl (C=O) groups excluding carboxylic acids is 1. The molecule has 1 aliphatic carbocycles. The van der Waals surface area contributed by atoms with Gasteiger partial charge in [-0.1, -0.05) is 30.3 Å². The number of aryl methyl sites for hydroxylation is 1. The first kappa shape index (κ1) is 17.3. The fraction of sp³-hybridized carbons (Fsp3) is 0.381. The zero-order valence-electron chi connectivity index (χ0n) is 15.6. The van der Waals surface area contributed by atoms with Crippen molar-refractivity contribution in [3.05, 3.63) is 59.9 Å². The number of likely N-dealkylation sites (tertiary alicyclic amines) is 1. The first-order chi connectivity index (χ1) is 13.6. The lowest BCUT2D eigenvalue weighted by molar-refractivity contribution is 0.0764. The van der Waals surface area contributed by atoms with Crippen LogP contribution in [0.15, 0.2) is 48.8 Å². The predicted octanol–water partition coefficient (Wildman–Crippen LogP) is 1.18. The highest BCUT2D eigenvalue weighted by atomic mass is 16.3. The summed E-state index contributed by atoms with van der Waals surface area (Å²) in [7, 11) is 1.81. The standard InChI is InChI=1S/C21H22N4O3/c1-24-17-7-14(8-22-16(17)9-23-24)20(28)25-10-18(27)21(12-25)15(11-26)19(21)13-5-3-2-4-6-13/h2-9,15,18-19,26-27H,10-12H2,1H3/t15-,18-,19-,21-/m1/s1. The Morgan fingerprint density at radius 2 is 2.07 bits per heavy atom. The Bertz CT molecular complexity index is 1050. The molecule has 7 nitrogen and oxygen atoms in total. The Hall–Kier alpha value is -2.77. The molecule has 0 unspecified atom stereocenters. The van der Waals surface area contributed by atoms with E-state index in [1.54, 1.807) is 28.0 Å². The molecule has 4 atom stereocenters. The first-order valence-electron chi connectivity index (χ1n) is 9.47. The summed E-state index contributed by atoms with van der Waals surface area (Å²) in [6, 6.07) is 11.7. The molecule has 3 heterocycles. The summed E-state index contributed by atoms with van der Waals surface area (Å²) in [6.07, 6.45) is 2.57. The molecule has 144 valence electrons. The number of rotatable bonds is 3. The highest BCUT2D eigenvalue weighted by molar-refractivity contribution is 5.97. The molecule has 2 N–H and O–H groups in total. The molecule has 2 fully saturated rings. The summed E-state index contributed by atoms with van der Waals surface area (Å²) in [5, 5.41) is 24.9. The van der Waals surface area contributed by atoms with Gasteiger partial charge in [0, 0.05) is 38.4 Å². The number of β-amino-alcohol motifs (C(OH)–C–C–N with tert-alkyl or cyclic N) is 1. The van der Waals surface area contributed by atoms with Gasteiger partial charge in [0.15, 0.2) is 0 Å².